The van der Waals surface area contributed by atoms with Crippen LogP contribution in [-0.4, -0.2) is 42.4 Å². The summed E-state index contributed by atoms with van der Waals surface area (Å²) in [5, 5.41) is 15.2. The smallest absolute Gasteiger partial charge is 0.448 e. The molecule has 0 radical (unpaired) electrons. The molecule has 0 saturated carbocycles. The highest BCUT2D eigenvalue weighted by atomic mass is 79.9. The summed E-state index contributed by atoms with van der Waals surface area (Å²) >= 11 is 3.49. The van der Waals surface area contributed by atoms with E-state index in [9.17, 15) is 4.79 Å². The van der Waals surface area contributed by atoms with Gasteiger partial charge < -0.3 is 24.3 Å². The molecule has 1 amide bonds. The van der Waals surface area contributed by atoms with Crippen molar-refractivity contribution in [3.8, 4) is 11.5 Å². The van der Waals surface area contributed by atoms with Crippen molar-refractivity contribution in [3.63, 3.8) is 0 Å². The van der Waals surface area contributed by atoms with Crippen molar-refractivity contribution in [2.45, 2.75) is 32.4 Å². The third-order valence-electron chi connectivity index (χ3n) is 5.53. The molecular formula is C26H29BBrNO6. The van der Waals surface area contributed by atoms with E-state index < -0.39 is 7.12 Å². The van der Waals surface area contributed by atoms with E-state index in [1.807, 2.05) is 66.7 Å². The van der Waals surface area contributed by atoms with E-state index in [0.29, 0.717) is 24.5 Å². The fraction of sp³-hybridized carbons (Fsp3) is 0.269. The zero-order valence-corrected chi connectivity index (χ0v) is 21.6. The average Bonchev–Trinajstić information content (AvgIpc) is 2.86. The van der Waals surface area contributed by atoms with Crippen LogP contribution in [0.4, 0.5) is 4.79 Å². The second kappa shape index (κ2) is 12.6. The molecule has 1 unspecified atom stereocenters. The van der Waals surface area contributed by atoms with Gasteiger partial charge in [-0.2, -0.15) is 0 Å². The second-order valence-electron chi connectivity index (χ2n) is 8.05. The summed E-state index contributed by atoms with van der Waals surface area (Å²) in [6.45, 7) is 1.95. The van der Waals surface area contributed by atoms with Gasteiger partial charge in [0.05, 0.1) is 26.8 Å². The van der Waals surface area contributed by atoms with Gasteiger partial charge in [0.2, 0.25) is 0 Å². The van der Waals surface area contributed by atoms with Crippen molar-refractivity contribution in [1.29, 1.82) is 0 Å². The van der Waals surface area contributed by atoms with E-state index in [4.69, 9.17) is 24.3 Å². The molecule has 184 valence electrons. The number of nitrogens with zero attached hydrogens (tertiary/aromatic N) is 1. The van der Waals surface area contributed by atoms with Crippen LogP contribution in [0.5, 0.6) is 11.5 Å². The minimum atomic E-state index is -1.17. The van der Waals surface area contributed by atoms with E-state index in [-0.39, 0.29) is 18.7 Å². The van der Waals surface area contributed by atoms with E-state index in [0.717, 1.165) is 26.7 Å². The molecule has 0 aliphatic carbocycles. The first-order valence-electron chi connectivity index (χ1n) is 11.1. The highest BCUT2D eigenvalue weighted by Gasteiger charge is 2.33. The predicted octanol–water partition coefficient (Wildman–Crippen LogP) is 4.99. The lowest BCUT2D eigenvalue weighted by molar-refractivity contribution is 0.0728. The monoisotopic (exact) mass is 541 g/mol. The lowest BCUT2D eigenvalue weighted by Crippen LogP contribution is -2.39. The highest BCUT2D eigenvalue weighted by Crippen LogP contribution is 2.39. The molecule has 0 aromatic heterocycles. The maximum absolute atomic E-state index is 13.1. The molecule has 2 N–H and O–H groups in total. The quantitative estimate of drug-likeness (QED) is 0.442. The fourth-order valence-electron chi connectivity index (χ4n) is 3.89. The molecule has 9 heteroatoms. The van der Waals surface area contributed by atoms with Gasteiger partial charge in [0.15, 0.2) is 11.5 Å². The Morgan fingerprint density at radius 3 is 2.14 bits per heavy atom. The number of carbonyl (C=O) groups is 1. The Hall–Kier alpha value is -3.01. The van der Waals surface area contributed by atoms with Gasteiger partial charge in [0, 0.05) is 4.47 Å². The lowest BCUT2D eigenvalue weighted by atomic mass is 9.89. The molecule has 1 aliphatic rings. The van der Waals surface area contributed by atoms with Gasteiger partial charge in [-0.3, -0.25) is 4.90 Å². The van der Waals surface area contributed by atoms with Crippen LogP contribution in [0.3, 0.4) is 0 Å². The van der Waals surface area contributed by atoms with Crippen LogP contribution in [0.15, 0.2) is 71.2 Å². The van der Waals surface area contributed by atoms with Gasteiger partial charge in [-0.25, -0.2) is 4.79 Å². The van der Waals surface area contributed by atoms with Gasteiger partial charge in [0.1, 0.15) is 6.61 Å². The summed E-state index contributed by atoms with van der Waals surface area (Å²) in [6.07, 6.45) is 0.329. The predicted molar refractivity (Wildman–Crippen MR) is 138 cm³/mol. The largest absolute Gasteiger partial charge is 0.493 e. The number of halogens is 1. The van der Waals surface area contributed by atoms with Crippen LogP contribution in [0.1, 0.15) is 28.3 Å². The first kappa shape index (κ1) is 26.6. The first-order valence-corrected chi connectivity index (χ1v) is 11.9. The number of methoxy groups -OCH3 is 2. The third kappa shape index (κ3) is 7.24. The Bertz CT molecular complexity index is 1110. The number of hydrogen-bond acceptors (Lipinski definition) is 6. The number of benzene rings is 3. The average molecular weight is 542 g/mol. The first-order chi connectivity index (χ1) is 16.8. The fourth-order valence-corrected chi connectivity index (χ4v) is 4.15. The second-order valence-corrected chi connectivity index (χ2v) is 8.96. The Kier molecular flexibility index (Phi) is 9.60. The van der Waals surface area contributed by atoms with Crippen LogP contribution in [0.25, 0.3) is 0 Å². The normalized spacial score (nSPS) is 14.2. The van der Waals surface area contributed by atoms with Gasteiger partial charge >= 0.3 is 13.2 Å². The minimum absolute atomic E-state index is 0.137. The summed E-state index contributed by atoms with van der Waals surface area (Å²) in [6, 6.07) is 21.6. The molecule has 35 heavy (non-hydrogen) atoms. The maximum atomic E-state index is 13.1. The molecule has 0 bridgehead atoms. The van der Waals surface area contributed by atoms with Crippen LogP contribution >= 0.6 is 15.9 Å². The number of fused-ring (bicyclic) bond motifs is 1. The molecule has 3 aromatic carbocycles. The number of carbonyl (C=O) groups excluding carboxylic acids is 1. The number of rotatable bonds is 5. The molecule has 7 nitrogen and oxygen atoms in total. The molecule has 0 fully saturated rings. The molecule has 0 spiro atoms. The molecule has 1 heterocycles. The van der Waals surface area contributed by atoms with E-state index in [1.54, 1.807) is 19.1 Å². The summed E-state index contributed by atoms with van der Waals surface area (Å²) in [5.74, 6) is 1.34. The van der Waals surface area contributed by atoms with Crippen molar-refractivity contribution in [2.75, 3.05) is 14.2 Å². The van der Waals surface area contributed by atoms with Gasteiger partial charge in [-0.1, -0.05) is 58.4 Å². The Labute approximate surface area is 214 Å². The van der Waals surface area contributed by atoms with Crippen LogP contribution in [0, 0.1) is 0 Å². The highest BCUT2D eigenvalue weighted by molar-refractivity contribution is 9.10. The van der Waals surface area contributed by atoms with Crippen molar-refractivity contribution < 1.29 is 29.1 Å². The van der Waals surface area contributed by atoms with Crippen molar-refractivity contribution in [1.82, 2.24) is 4.90 Å². The van der Waals surface area contributed by atoms with E-state index in [2.05, 4.69) is 15.9 Å². The standard InChI is InChI=1S/C25H24BrNO4.CH5BO2/c1-29-23-13-19-12-22(18-8-10-21(26)11-9-18)27(15-20(19)14-24(23)30-2)25(28)31-16-17-6-4-3-5-7-17;1-2(3)4/h3-11,13-14,22H,12,15-16H2,1-2H3;3-4H,1H3. The molecule has 3 aromatic rings. The van der Waals surface area contributed by atoms with Crippen molar-refractivity contribution in [3.05, 3.63) is 93.5 Å². The molecular weight excluding hydrogens is 513 g/mol. The lowest BCUT2D eigenvalue weighted by Gasteiger charge is -2.37. The van der Waals surface area contributed by atoms with Crippen molar-refractivity contribution >= 4 is 29.1 Å². The topological polar surface area (TPSA) is 88.5 Å². The number of amides is 1. The summed E-state index contributed by atoms with van der Waals surface area (Å²) in [4.78, 5) is 14.9. The molecule has 1 atom stereocenters. The minimum Gasteiger partial charge on any atom is -0.493 e. The Morgan fingerprint density at radius 2 is 1.57 bits per heavy atom. The van der Waals surface area contributed by atoms with E-state index in [1.165, 1.54) is 6.82 Å². The zero-order chi connectivity index (χ0) is 25.4. The number of ether oxygens (including phenoxy) is 3. The molecule has 1 aliphatic heterocycles. The SMILES string of the molecule is CB(O)O.COc1cc2c(cc1OC)CN(C(=O)OCc1ccccc1)C(c1ccc(Br)cc1)C2. The zero-order valence-electron chi connectivity index (χ0n) is 20.0. The Balaban J connectivity index is 0.000000795. The van der Waals surface area contributed by atoms with Gasteiger partial charge in [0.25, 0.3) is 0 Å². The molecule has 4 rings (SSSR count). The van der Waals surface area contributed by atoms with Crippen LogP contribution in [0.2, 0.25) is 6.82 Å². The molecule has 0 saturated heterocycles. The summed E-state index contributed by atoms with van der Waals surface area (Å²) < 4.78 is 17.6. The third-order valence-corrected chi connectivity index (χ3v) is 6.06. The maximum Gasteiger partial charge on any atom is 0.448 e. The van der Waals surface area contributed by atoms with E-state index >= 15 is 0 Å². The summed E-state index contributed by atoms with van der Waals surface area (Å²) in [7, 11) is 2.08. The van der Waals surface area contributed by atoms with Gasteiger partial charge in [-0.05, 0) is 59.8 Å². The summed E-state index contributed by atoms with van der Waals surface area (Å²) in [5.41, 5.74) is 4.18. The van der Waals surface area contributed by atoms with Crippen molar-refractivity contribution in [2.24, 2.45) is 0 Å². The van der Waals surface area contributed by atoms with Crippen LogP contribution < -0.4 is 9.47 Å². The number of hydrogen-bond donors (Lipinski definition) is 2. The van der Waals surface area contributed by atoms with Gasteiger partial charge in [-0.15, -0.1) is 0 Å². The Morgan fingerprint density at radius 1 is 1.00 bits per heavy atom. The van der Waals surface area contributed by atoms with Crippen LogP contribution in [-0.2, 0) is 24.3 Å².